The Balaban J connectivity index is 1.76. The molecule has 18 heavy (non-hydrogen) atoms. The van der Waals surface area contributed by atoms with Gasteiger partial charge in [0.1, 0.15) is 0 Å². The molecule has 0 saturated carbocycles. The van der Waals surface area contributed by atoms with Crippen molar-refractivity contribution in [3.05, 3.63) is 0 Å². The van der Waals surface area contributed by atoms with E-state index in [1.807, 2.05) is 0 Å². The summed E-state index contributed by atoms with van der Waals surface area (Å²) in [5.74, 6) is 0.848. The zero-order valence-corrected chi connectivity index (χ0v) is 11.1. The second-order valence-electron chi connectivity index (χ2n) is 6.03. The van der Waals surface area contributed by atoms with Crippen LogP contribution in [0.4, 0.5) is 0 Å². The lowest BCUT2D eigenvalue weighted by Gasteiger charge is -2.40. The maximum absolute atomic E-state index is 12.9. The van der Waals surface area contributed by atoms with E-state index in [2.05, 4.69) is 10.2 Å². The number of fused-ring (bicyclic) bond motifs is 1. The largest absolute Gasteiger partial charge is 0.380 e. The minimum absolute atomic E-state index is 0.247. The quantitative estimate of drug-likeness (QED) is 0.757. The number of ether oxygens (including phenoxy) is 1. The molecule has 3 aliphatic heterocycles. The average Bonchev–Trinajstić information content (AvgIpc) is 2.66. The highest BCUT2D eigenvalue weighted by atomic mass is 16.5. The number of nitrogens with zero attached hydrogens (tertiary/aromatic N) is 1. The Bertz CT molecular complexity index is 313. The number of amides is 1. The van der Waals surface area contributed by atoms with Gasteiger partial charge in [0.2, 0.25) is 5.91 Å². The maximum atomic E-state index is 12.9. The molecule has 0 unspecified atom stereocenters. The molecule has 1 amide bonds. The summed E-state index contributed by atoms with van der Waals surface area (Å²) >= 11 is 0. The summed E-state index contributed by atoms with van der Waals surface area (Å²) in [7, 11) is 0. The molecular formula is C14H24N2O2. The van der Waals surface area contributed by atoms with Gasteiger partial charge in [-0.25, -0.2) is 0 Å². The van der Waals surface area contributed by atoms with Crippen LogP contribution >= 0.6 is 0 Å². The van der Waals surface area contributed by atoms with E-state index in [0.29, 0.717) is 18.4 Å². The van der Waals surface area contributed by atoms with Crippen LogP contribution in [-0.2, 0) is 9.53 Å². The number of nitrogens with one attached hydrogen (secondary N) is 1. The first-order chi connectivity index (χ1) is 8.83. The zero-order chi connectivity index (χ0) is 12.4. The van der Waals surface area contributed by atoms with Crippen molar-refractivity contribution in [1.29, 1.82) is 0 Å². The van der Waals surface area contributed by atoms with Crippen molar-refractivity contribution in [3.8, 4) is 0 Å². The van der Waals surface area contributed by atoms with E-state index in [9.17, 15) is 4.79 Å². The fraction of sp³-hybridized carbons (Fsp3) is 0.929. The highest BCUT2D eigenvalue weighted by molar-refractivity contribution is 5.84. The summed E-state index contributed by atoms with van der Waals surface area (Å²) < 4.78 is 5.64. The van der Waals surface area contributed by atoms with Gasteiger partial charge < -0.3 is 15.0 Å². The van der Waals surface area contributed by atoms with Crippen LogP contribution in [0, 0.1) is 11.3 Å². The van der Waals surface area contributed by atoms with Gasteiger partial charge in [-0.2, -0.15) is 0 Å². The van der Waals surface area contributed by atoms with Crippen molar-refractivity contribution in [2.75, 3.05) is 39.4 Å². The summed E-state index contributed by atoms with van der Waals surface area (Å²) in [6.45, 7) is 5.15. The van der Waals surface area contributed by atoms with Crippen molar-refractivity contribution in [2.45, 2.75) is 32.1 Å². The molecule has 2 atom stereocenters. The average molecular weight is 252 g/mol. The Hall–Kier alpha value is -0.610. The van der Waals surface area contributed by atoms with Crippen LogP contribution in [0.25, 0.3) is 0 Å². The van der Waals surface area contributed by atoms with E-state index >= 15 is 0 Å². The molecular weight excluding hydrogens is 228 g/mol. The van der Waals surface area contributed by atoms with Gasteiger partial charge in [0, 0.05) is 26.2 Å². The second kappa shape index (κ2) is 5.17. The summed E-state index contributed by atoms with van der Waals surface area (Å²) in [5, 5.41) is 3.41. The van der Waals surface area contributed by atoms with Crippen molar-refractivity contribution in [1.82, 2.24) is 10.2 Å². The van der Waals surface area contributed by atoms with Gasteiger partial charge >= 0.3 is 0 Å². The minimum atomic E-state index is -0.247. The third kappa shape index (κ3) is 2.05. The standard InChI is InChI=1S/C14H24N2O2/c17-13(16-6-3-1-2-4-7-16)14-10-15-9-12(14)5-8-18-11-14/h12,15H,1-11H2/t12-,14+/m1/s1. The van der Waals surface area contributed by atoms with Gasteiger partial charge in [-0.15, -0.1) is 0 Å². The SMILES string of the molecule is O=C(N1CCCCCC1)[C@]12CNC[C@H]1CCOC2. The van der Waals surface area contributed by atoms with Crippen molar-refractivity contribution in [2.24, 2.45) is 11.3 Å². The van der Waals surface area contributed by atoms with E-state index < -0.39 is 0 Å². The third-order valence-electron chi connectivity index (χ3n) is 4.90. The minimum Gasteiger partial charge on any atom is -0.380 e. The normalized spacial score (nSPS) is 37.1. The Morgan fingerprint density at radius 2 is 2.00 bits per heavy atom. The van der Waals surface area contributed by atoms with E-state index in [-0.39, 0.29) is 5.41 Å². The van der Waals surface area contributed by atoms with E-state index in [1.165, 1.54) is 25.7 Å². The highest BCUT2D eigenvalue weighted by Crippen LogP contribution is 2.39. The van der Waals surface area contributed by atoms with E-state index in [4.69, 9.17) is 4.74 Å². The van der Waals surface area contributed by atoms with Crippen LogP contribution in [0.5, 0.6) is 0 Å². The molecule has 4 nitrogen and oxygen atoms in total. The van der Waals surface area contributed by atoms with Crippen LogP contribution in [0.2, 0.25) is 0 Å². The van der Waals surface area contributed by atoms with Gasteiger partial charge in [-0.05, 0) is 31.7 Å². The number of carbonyl (C=O) groups excluding carboxylic acids is 1. The first kappa shape index (κ1) is 12.4. The van der Waals surface area contributed by atoms with Crippen LogP contribution in [0.1, 0.15) is 32.1 Å². The first-order valence-corrected chi connectivity index (χ1v) is 7.41. The molecule has 0 bridgehead atoms. The van der Waals surface area contributed by atoms with Gasteiger partial charge in [0.05, 0.1) is 12.0 Å². The first-order valence-electron chi connectivity index (χ1n) is 7.41. The molecule has 3 aliphatic rings. The van der Waals surface area contributed by atoms with Crippen LogP contribution in [0.3, 0.4) is 0 Å². The Morgan fingerprint density at radius 3 is 2.78 bits per heavy atom. The van der Waals surface area contributed by atoms with Crippen molar-refractivity contribution >= 4 is 5.91 Å². The number of likely N-dealkylation sites (tertiary alicyclic amines) is 1. The fourth-order valence-corrected chi connectivity index (χ4v) is 3.74. The van der Waals surface area contributed by atoms with E-state index in [1.54, 1.807) is 0 Å². The summed E-state index contributed by atoms with van der Waals surface area (Å²) in [4.78, 5) is 15.0. The van der Waals surface area contributed by atoms with Crippen LogP contribution < -0.4 is 5.32 Å². The Kier molecular flexibility index (Phi) is 3.57. The molecule has 3 rings (SSSR count). The van der Waals surface area contributed by atoms with Gasteiger partial charge in [-0.1, -0.05) is 12.8 Å². The lowest BCUT2D eigenvalue weighted by atomic mass is 9.74. The third-order valence-corrected chi connectivity index (χ3v) is 4.90. The molecule has 0 radical (unpaired) electrons. The lowest BCUT2D eigenvalue weighted by molar-refractivity contribution is -0.152. The number of hydrogen-bond donors (Lipinski definition) is 1. The number of carbonyl (C=O) groups is 1. The lowest BCUT2D eigenvalue weighted by Crippen LogP contribution is -2.53. The molecule has 4 heteroatoms. The second-order valence-corrected chi connectivity index (χ2v) is 6.03. The number of rotatable bonds is 1. The molecule has 3 fully saturated rings. The molecule has 0 spiro atoms. The highest BCUT2D eigenvalue weighted by Gasteiger charge is 2.52. The van der Waals surface area contributed by atoms with Gasteiger partial charge in [0.25, 0.3) is 0 Å². The number of hydrogen-bond acceptors (Lipinski definition) is 3. The van der Waals surface area contributed by atoms with Crippen molar-refractivity contribution < 1.29 is 9.53 Å². The van der Waals surface area contributed by atoms with Crippen LogP contribution in [0.15, 0.2) is 0 Å². The predicted molar refractivity (Wildman–Crippen MR) is 69.3 cm³/mol. The molecule has 102 valence electrons. The molecule has 3 saturated heterocycles. The van der Waals surface area contributed by atoms with Crippen molar-refractivity contribution in [3.63, 3.8) is 0 Å². The predicted octanol–water partition coefficient (Wildman–Crippen LogP) is 1.02. The summed E-state index contributed by atoms with van der Waals surface area (Å²) in [6.07, 6.45) is 5.91. The van der Waals surface area contributed by atoms with Gasteiger partial charge in [-0.3, -0.25) is 4.79 Å². The molecule has 1 N–H and O–H groups in total. The summed E-state index contributed by atoms with van der Waals surface area (Å²) in [5.41, 5.74) is -0.247. The Morgan fingerprint density at radius 1 is 1.22 bits per heavy atom. The topological polar surface area (TPSA) is 41.6 Å². The maximum Gasteiger partial charge on any atom is 0.232 e. The molecule has 0 aromatic heterocycles. The molecule has 3 heterocycles. The van der Waals surface area contributed by atoms with Gasteiger partial charge in [0.15, 0.2) is 0 Å². The monoisotopic (exact) mass is 252 g/mol. The molecule has 0 aliphatic carbocycles. The zero-order valence-electron chi connectivity index (χ0n) is 11.1. The molecule has 0 aromatic carbocycles. The molecule has 0 aromatic rings. The van der Waals surface area contributed by atoms with Crippen LogP contribution in [-0.4, -0.2) is 50.2 Å². The summed E-state index contributed by atoms with van der Waals surface area (Å²) in [6, 6.07) is 0. The fourth-order valence-electron chi connectivity index (χ4n) is 3.74. The van der Waals surface area contributed by atoms with E-state index in [0.717, 1.165) is 39.2 Å². The Labute approximate surface area is 109 Å². The smallest absolute Gasteiger partial charge is 0.232 e.